The van der Waals surface area contributed by atoms with Gasteiger partial charge in [0.1, 0.15) is 11.4 Å². The number of carbonyl (C=O) groups is 1. The van der Waals surface area contributed by atoms with Gasteiger partial charge in [-0.15, -0.1) is 0 Å². The van der Waals surface area contributed by atoms with Crippen LogP contribution in [0.25, 0.3) is 16.9 Å². The summed E-state index contributed by atoms with van der Waals surface area (Å²) in [5, 5.41) is 6.46. The molecule has 1 aliphatic carbocycles. The van der Waals surface area contributed by atoms with Crippen LogP contribution in [0.3, 0.4) is 0 Å². The SMILES string of the molecule is CC(C)(C)OC(=O)[C@@H]1C[C@H]1c1cccc(-c2cnc(Nc3ccc(F)c(Cl)c3)nc2-n2ccc(C(F)(F)F)n2)c1. The summed E-state index contributed by atoms with van der Waals surface area (Å²) in [4.78, 5) is 21.3. The fourth-order valence-electron chi connectivity index (χ4n) is 4.25. The van der Waals surface area contributed by atoms with Gasteiger partial charge in [-0.3, -0.25) is 4.79 Å². The molecule has 1 fully saturated rings. The fraction of sp³-hybridized carbons (Fsp3) is 0.286. The lowest BCUT2D eigenvalue weighted by molar-refractivity contribution is -0.156. The van der Waals surface area contributed by atoms with Crippen LogP contribution in [0.2, 0.25) is 5.02 Å². The predicted octanol–water partition coefficient (Wildman–Crippen LogP) is 7.33. The molecule has 0 aliphatic heterocycles. The number of ether oxygens (including phenoxy) is 1. The highest BCUT2D eigenvalue weighted by Gasteiger charge is 2.46. The van der Waals surface area contributed by atoms with Crippen molar-refractivity contribution in [3.05, 3.63) is 83.0 Å². The molecule has 5 rings (SSSR count). The quantitative estimate of drug-likeness (QED) is 0.192. The van der Waals surface area contributed by atoms with Gasteiger partial charge in [-0.05, 0) is 68.5 Å². The number of halogens is 5. The largest absolute Gasteiger partial charge is 0.460 e. The van der Waals surface area contributed by atoms with Gasteiger partial charge in [0.25, 0.3) is 0 Å². The molecule has 0 amide bonds. The third kappa shape index (κ3) is 6.09. The summed E-state index contributed by atoms with van der Waals surface area (Å²) in [7, 11) is 0. The first-order valence-corrected chi connectivity index (χ1v) is 12.7. The van der Waals surface area contributed by atoms with Gasteiger partial charge in [-0.2, -0.15) is 23.3 Å². The van der Waals surface area contributed by atoms with E-state index in [1.807, 2.05) is 32.9 Å². The van der Waals surface area contributed by atoms with Gasteiger partial charge < -0.3 is 10.1 Å². The van der Waals surface area contributed by atoms with E-state index in [1.165, 1.54) is 18.3 Å². The van der Waals surface area contributed by atoms with Crippen LogP contribution in [0, 0.1) is 11.7 Å². The summed E-state index contributed by atoms with van der Waals surface area (Å²) in [5.74, 6) is -1.05. The molecule has 1 saturated carbocycles. The zero-order valence-corrected chi connectivity index (χ0v) is 22.4. The summed E-state index contributed by atoms with van der Waals surface area (Å²) in [6, 6.07) is 12.1. The number of carbonyl (C=O) groups excluding carboxylic acids is 1. The standard InChI is InChI=1S/C28H24ClF4N5O2/c1-27(2,3)40-25(39)19-13-18(19)15-5-4-6-16(11-15)20-14-34-26(35-17-7-8-22(30)21(29)12-17)36-24(20)38-10-9-23(37-38)28(31,32)33/h4-12,14,18-19H,13H2,1-3H3,(H,34,35,36)/t18-,19+/m0/s1. The molecule has 2 aromatic heterocycles. The topological polar surface area (TPSA) is 81.9 Å². The van der Waals surface area contributed by atoms with E-state index >= 15 is 0 Å². The van der Waals surface area contributed by atoms with Crippen LogP contribution in [-0.2, 0) is 15.7 Å². The van der Waals surface area contributed by atoms with E-state index in [0.717, 1.165) is 28.6 Å². The minimum Gasteiger partial charge on any atom is -0.460 e. The Morgan fingerprint density at radius 2 is 1.90 bits per heavy atom. The number of esters is 1. The third-order valence-corrected chi connectivity index (χ3v) is 6.46. The van der Waals surface area contributed by atoms with E-state index < -0.39 is 23.3 Å². The van der Waals surface area contributed by atoms with Gasteiger partial charge in [-0.1, -0.05) is 35.9 Å². The molecule has 0 spiro atoms. The molecular formula is C28H24ClF4N5O2. The Morgan fingerprint density at radius 1 is 1.12 bits per heavy atom. The van der Waals surface area contributed by atoms with Crippen molar-refractivity contribution in [3.63, 3.8) is 0 Å². The first-order chi connectivity index (χ1) is 18.8. The summed E-state index contributed by atoms with van der Waals surface area (Å²) in [5.41, 5.74) is 0.638. The molecule has 40 heavy (non-hydrogen) atoms. The number of rotatable bonds is 6. The van der Waals surface area contributed by atoms with Crippen molar-refractivity contribution in [3.8, 4) is 16.9 Å². The number of alkyl halides is 3. The van der Waals surface area contributed by atoms with Crippen molar-refractivity contribution in [2.45, 2.75) is 44.9 Å². The van der Waals surface area contributed by atoms with Gasteiger partial charge >= 0.3 is 12.1 Å². The number of hydrogen-bond donors (Lipinski definition) is 1. The zero-order valence-electron chi connectivity index (χ0n) is 21.6. The van der Waals surface area contributed by atoms with Crippen LogP contribution < -0.4 is 5.32 Å². The third-order valence-electron chi connectivity index (χ3n) is 6.17. The number of hydrogen-bond acceptors (Lipinski definition) is 6. The molecule has 1 N–H and O–H groups in total. The van der Waals surface area contributed by atoms with Crippen LogP contribution in [0.4, 0.5) is 29.2 Å². The highest BCUT2D eigenvalue weighted by Crippen LogP contribution is 2.49. The van der Waals surface area contributed by atoms with E-state index in [4.69, 9.17) is 16.3 Å². The highest BCUT2D eigenvalue weighted by atomic mass is 35.5. The van der Waals surface area contributed by atoms with Crippen LogP contribution in [0.15, 0.2) is 60.9 Å². The molecule has 0 bridgehead atoms. The monoisotopic (exact) mass is 573 g/mol. The van der Waals surface area contributed by atoms with Crippen LogP contribution >= 0.6 is 11.6 Å². The lowest BCUT2D eigenvalue weighted by Crippen LogP contribution is -2.25. The van der Waals surface area contributed by atoms with Gasteiger partial charge in [0.15, 0.2) is 11.5 Å². The van der Waals surface area contributed by atoms with Crippen molar-refractivity contribution in [1.29, 1.82) is 0 Å². The van der Waals surface area contributed by atoms with E-state index in [9.17, 15) is 22.4 Å². The second-order valence-electron chi connectivity index (χ2n) is 10.4. The van der Waals surface area contributed by atoms with E-state index in [1.54, 1.807) is 12.1 Å². The number of aromatic nitrogens is 4. The van der Waals surface area contributed by atoms with Gasteiger partial charge in [0, 0.05) is 23.6 Å². The number of nitrogens with one attached hydrogen (secondary N) is 1. The van der Waals surface area contributed by atoms with Gasteiger partial charge in [0.05, 0.1) is 10.9 Å². The molecule has 2 atom stereocenters. The second kappa shape index (κ2) is 10.2. The van der Waals surface area contributed by atoms with Crippen molar-refractivity contribution < 1.29 is 27.1 Å². The van der Waals surface area contributed by atoms with Gasteiger partial charge in [0.2, 0.25) is 5.95 Å². The van der Waals surface area contributed by atoms with Crippen molar-refractivity contribution >= 4 is 29.2 Å². The molecular weight excluding hydrogens is 550 g/mol. The molecule has 12 heteroatoms. The predicted molar refractivity (Wildman–Crippen MR) is 141 cm³/mol. The van der Waals surface area contributed by atoms with Gasteiger partial charge in [-0.25, -0.2) is 14.1 Å². The van der Waals surface area contributed by atoms with Crippen molar-refractivity contribution in [1.82, 2.24) is 19.7 Å². The highest BCUT2D eigenvalue weighted by molar-refractivity contribution is 6.31. The minimum absolute atomic E-state index is 0.0359. The molecule has 1 aliphatic rings. The van der Waals surface area contributed by atoms with E-state index in [-0.39, 0.29) is 34.6 Å². The van der Waals surface area contributed by atoms with Crippen LogP contribution in [0.1, 0.15) is 44.4 Å². The maximum atomic E-state index is 13.6. The zero-order chi connectivity index (χ0) is 28.8. The molecule has 2 aromatic carbocycles. The van der Waals surface area contributed by atoms with Crippen LogP contribution in [-0.4, -0.2) is 31.3 Å². The Balaban J connectivity index is 1.50. The van der Waals surface area contributed by atoms with E-state index in [0.29, 0.717) is 23.2 Å². The second-order valence-corrected chi connectivity index (χ2v) is 10.8. The number of benzene rings is 2. The van der Waals surface area contributed by atoms with E-state index in [2.05, 4.69) is 20.4 Å². The Bertz CT molecular complexity index is 1580. The normalized spacial score (nSPS) is 17.0. The first kappa shape index (κ1) is 27.6. The first-order valence-electron chi connectivity index (χ1n) is 12.3. The van der Waals surface area contributed by atoms with Crippen molar-refractivity contribution in [2.24, 2.45) is 5.92 Å². The Labute approximate surface area is 232 Å². The molecule has 4 aromatic rings. The number of nitrogens with zero attached hydrogens (tertiary/aromatic N) is 4. The van der Waals surface area contributed by atoms with Crippen molar-refractivity contribution in [2.75, 3.05) is 5.32 Å². The summed E-state index contributed by atoms with van der Waals surface area (Å²) in [6.07, 6.45) is -1.38. The Morgan fingerprint density at radius 3 is 2.58 bits per heavy atom. The summed E-state index contributed by atoms with van der Waals surface area (Å²) in [6.45, 7) is 5.44. The molecule has 0 saturated heterocycles. The summed E-state index contributed by atoms with van der Waals surface area (Å²) >= 11 is 5.86. The smallest absolute Gasteiger partial charge is 0.435 e. The fourth-order valence-corrected chi connectivity index (χ4v) is 4.43. The molecule has 7 nitrogen and oxygen atoms in total. The lowest BCUT2D eigenvalue weighted by Gasteiger charge is -2.19. The molecule has 0 radical (unpaired) electrons. The minimum atomic E-state index is -4.65. The average molecular weight is 574 g/mol. The summed E-state index contributed by atoms with van der Waals surface area (Å²) < 4.78 is 60.1. The average Bonchev–Trinajstić information content (AvgIpc) is 3.52. The molecule has 2 heterocycles. The van der Waals surface area contributed by atoms with Crippen LogP contribution in [0.5, 0.6) is 0 Å². The maximum Gasteiger partial charge on any atom is 0.435 e. The Hall–Kier alpha value is -3.99. The lowest BCUT2D eigenvalue weighted by atomic mass is 10.0. The number of anilines is 2. The molecule has 0 unspecified atom stereocenters. The Kier molecular flexibility index (Phi) is 7.03. The molecule has 208 valence electrons. The maximum absolute atomic E-state index is 13.6.